The number of hydrogen-bond acceptors (Lipinski definition) is 3. The van der Waals surface area contributed by atoms with Gasteiger partial charge in [0.1, 0.15) is 11.9 Å². The highest BCUT2D eigenvalue weighted by molar-refractivity contribution is 5.37. The molecule has 1 radical (unpaired) electrons. The van der Waals surface area contributed by atoms with E-state index in [0.717, 1.165) is 0 Å². The molecule has 0 fully saturated rings. The van der Waals surface area contributed by atoms with Crippen molar-refractivity contribution in [3.8, 4) is 11.4 Å². The van der Waals surface area contributed by atoms with Crippen LogP contribution in [0.2, 0.25) is 0 Å². The maximum atomic E-state index is 11.9. The number of ether oxygens (including phenoxy) is 1. The van der Waals surface area contributed by atoms with Gasteiger partial charge in [-0.05, 0) is 31.2 Å². The number of halogens is 3. The van der Waals surface area contributed by atoms with Crippen molar-refractivity contribution in [2.24, 2.45) is 0 Å². The summed E-state index contributed by atoms with van der Waals surface area (Å²) in [6, 6.07) is 5.33. The summed E-state index contributed by atoms with van der Waals surface area (Å²) in [7, 11) is 0. The predicted molar refractivity (Wildman–Crippen MR) is 51.6 cm³/mol. The molecular formula is C10H7F3N3O. The molecule has 0 bridgehead atoms. The minimum atomic E-state index is -4.68. The van der Waals surface area contributed by atoms with Gasteiger partial charge in [-0.2, -0.15) is 0 Å². The fourth-order valence-electron chi connectivity index (χ4n) is 1.29. The van der Waals surface area contributed by atoms with Gasteiger partial charge in [0, 0.05) is 0 Å². The van der Waals surface area contributed by atoms with Crippen molar-refractivity contribution in [2.45, 2.75) is 13.3 Å². The lowest BCUT2D eigenvalue weighted by atomic mass is 10.3. The van der Waals surface area contributed by atoms with Crippen molar-refractivity contribution in [3.05, 3.63) is 36.2 Å². The van der Waals surface area contributed by atoms with Crippen LogP contribution in [0.5, 0.6) is 5.75 Å². The van der Waals surface area contributed by atoms with Crippen molar-refractivity contribution in [1.82, 2.24) is 15.0 Å². The Morgan fingerprint density at radius 3 is 2.35 bits per heavy atom. The second-order valence-electron chi connectivity index (χ2n) is 3.24. The number of alkyl halides is 3. The molecule has 0 spiro atoms. The lowest BCUT2D eigenvalue weighted by molar-refractivity contribution is -0.274. The fourth-order valence-corrected chi connectivity index (χ4v) is 1.29. The van der Waals surface area contributed by atoms with E-state index >= 15 is 0 Å². The number of benzene rings is 1. The zero-order valence-electron chi connectivity index (χ0n) is 8.69. The van der Waals surface area contributed by atoms with Crippen LogP contribution in [-0.4, -0.2) is 21.4 Å². The number of hydrogen-bond donors (Lipinski definition) is 0. The third-order valence-corrected chi connectivity index (χ3v) is 1.98. The van der Waals surface area contributed by atoms with Crippen molar-refractivity contribution < 1.29 is 17.9 Å². The Kier molecular flexibility index (Phi) is 2.74. The van der Waals surface area contributed by atoms with E-state index in [1.165, 1.54) is 28.9 Å². The van der Waals surface area contributed by atoms with Gasteiger partial charge in [-0.1, -0.05) is 5.21 Å². The summed E-state index contributed by atoms with van der Waals surface area (Å²) in [6.07, 6.45) is -2.07. The maximum Gasteiger partial charge on any atom is 0.573 e. The average Bonchev–Trinajstić information content (AvgIpc) is 2.63. The van der Waals surface area contributed by atoms with Crippen molar-refractivity contribution in [2.75, 3.05) is 0 Å². The summed E-state index contributed by atoms with van der Waals surface area (Å²) < 4.78 is 41.0. The highest BCUT2D eigenvalue weighted by Gasteiger charge is 2.30. The van der Waals surface area contributed by atoms with Crippen LogP contribution in [0, 0.1) is 13.1 Å². The molecule has 0 aliphatic heterocycles. The van der Waals surface area contributed by atoms with Crippen LogP contribution in [-0.2, 0) is 0 Å². The van der Waals surface area contributed by atoms with Gasteiger partial charge in [0.05, 0.1) is 11.4 Å². The van der Waals surface area contributed by atoms with Crippen molar-refractivity contribution in [3.63, 3.8) is 0 Å². The van der Waals surface area contributed by atoms with Gasteiger partial charge in [-0.3, -0.25) is 0 Å². The van der Waals surface area contributed by atoms with E-state index in [0.29, 0.717) is 11.4 Å². The van der Waals surface area contributed by atoms with Gasteiger partial charge in [0.2, 0.25) is 0 Å². The summed E-state index contributed by atoms with van der Waals surface area (Å²) >= 11 is 0. The Labute approximate surface area is 94.6 Å². The Morgan fingerprint density at radius 2 is 1.88 bits per heavy atom. The van der Waals surface area contributed by atoms with Gasteiger partial charge in [-0.15, -0.1) is 18.3 Å². The van der Waals surface area contributed by atoms with Gasteiger partial charge in [-0.25, -0.2) is 4.68 Å². The molecule has 0 N–H and O–H groups in total. The highest BCUT2D eigenvalue weighted by atomic mass is 19.4. The van der Waals surface area contributed by atoms with E-state index < -0.39 is 6.36 Å². The van der Waals surface area contributed by atoms with Crippen LogP contribution in [0.4, 0.5) is 13.2 Å². The second kappa shape index (κ2) is 4.08. The quantitative estimate of drug-likeness (QED) is 0.811. The average molecular weight is 242 g/mol. The molecule has 0 unspecified atom stereocenters. The Bertz CT molecular complexity index is 504. The summed E-state index contributed by atoms with van der Waals surface area (Å²) in [5.74, 6) is -0.275. The Balaban J connectivity index is 2.22. The van der Waals surface area contributed by atoms with E-state index in [1.54, 1.807) is 6.92 Å². The summed E-state index contributed by atoms with van der Waals surface area (Å²) in [5, 5.41) is 7.29. The number of nitrogens with zero attached hydrogens (tertiary/aromatic N) is 3. The van der Waals surface area contributed by atoms with E-state index in [4.69, 9.17) is 0 Å². The summed E-state index contributed by atoms with van der Waals surface area (Å²) in [5.41, 5.74) is 1.25. The topological polar surface area (TPSA) is 39.9 Å². The molecule has 0 aliphatic carbocycles. The molecule has 89 valence electrons. The van der Waals surface area contributed by atoms with Gasteiger partial charge < -0.3 is 4.74 Å². The van der Waals surface area contributed by atoms with Gasteiger partial charge in [0.15, 0.2) is 0 Å². The molecule has 7 heteroatoms. The minimum absolute atomic E-state index is 0.275. The van der Waals surface area contributed by atoms with Crippen LogP contribution in [0.3, 0.4) is 0 Å². The second-order valence-corrected chi connectivity index (χ2v) is 3.24. The van der Waals surface area contributed by atoms with E-state index in [-0.39, 0.29) is 5.75 Å². The molecule has 1 aromatic carbocycles. The SMILES string of the molecule is Cc1[c]nnn1-c1ccc(OC(F)(F)F)cc1. The van der Waals surface area contributed by atoms with Crippen molar-refractivity contribution >= 4 is 0 Å². The zero-order valence-corrected chi connectivity index (χ0v) is 8.69. The molecule has 17 heavy (non-hydrogen) atoms. The van der Waals surface area contributed by atoms with E-state index in [2.05, 4.69) is 21.2 Å². The molecule has 2 rings (SSSR count). The molecule has 0 saturated heterocycles. The smallest absolute Gasteiger partial charge is 0.406 e. The first-order chi connectivity index (χ1) is 7.96. The molecule has 0 aliphatic rings. The Hall–Kier alpha value is -2.05. The lowest BCUT2D eigenvalue weighted by Gasteiger charge is -2.09. The van der Waals surface area contributed by atoms with Crippen LogP contribution >= 0.6 is 0 Å². The molecule has 4 nitrogen and oxygen atoms in total. The first-order valence-electron chi connectivity index (χ1n) is 4.62. The third kappa shape index (κ3) is 2.74. The Morgan fingerprint density at radius 1 is 1.24 bits per heavy atom. The molecule has 0 saturated carbocycles. The predicted octanol–water partition coefficient (Wildman–Crippen LogP) is 2.27. The van der Waals surface area contributed by atoms with E-state index in [9.17, 15) is 13.2 Å². The summed E-state index contributed by atoms with van der Waals surface area (Å²) in [6.45, 7) is 1.74. The summed E-state index contributed by atoms with van der Waals surface area (Å²) in [4.78, 5) is 0. The standard InChI is InChI=1S/C10H7F3N3O/c1-7-6-14-15-16(7)8-2-4-9(5-3-8)17-10(11,12)13/h2-5H,1H3. The molecule has 1 heterocycles. The molecule has 1 aromatic heterocycles. The molecule has 0 amide bonds. The number of aromatic nitrogens is 3. The lowest BCUT2D eigenvalue weighted by Crippen LogP contribution is -2.17. The minimum Gasteiger partial charge on any atom is -0.406 e. The highest BCUT2D eigenvalue weighted by Crippen LogP contribution is 2.23. The van der Waals surface area contributed by atoms with Crippen LogP contribution in [0.25, 0.3) is 5.69 Å². The molecule has 2 aromatic rings. The third-order valence-electron chi connectivity index (χ3n) is 1.98. The normalized spacial score (nSPS) is 11.5. The number of aryl methyl sites for hydroxylation is 1. The van der Waals surface area contributed by atoms with Crippen LogP contribution < -0.4 is 4.74 Å². The first-order valence-corrected chi connectivity index (χ1v) is 4.62. The zero-order chi connectivity index (χ0) is 12.5. The number of rotatable bonds is 2. The molecule has 0 atom stereocenters. The fraction of sp³-hybridized carbons (Fsp3) is 0.200. The monoisotopic (exact) mass is 242 g/mol. The van der Waals surface area contributed by atoms with Crippen LogP contribution in [0.15, 0.2) is 24.3 Å². The van der Waals surface area contributed by atoms with Crippen molar-refractivity contribution in [1.29, 1.82) is 0 Å². The van der Waals surface area contributed by atoms with Gasteiger partial charge in [0.25, 0.3) is 0 Å². The van der Waals surface area contributed by atoms with Gasteiger partial charge >= 0.3 is 6.36 Å². The maximum absolute atomic E-state index is 11.9. The first kappa shape index (κ1) is 11.4. The van der Waals surface area contributed by atoms with Crippen LogP contribution in [0.1, 0.15) is 5.69 Å². The largest absolute Gasteiger partial charge is 0.573 e. The van der Waals surface area contributed by atoms with E-state index in [1.807, 2.05) is 0 Å². The molecular weight excluding hydrogens is 235 g/mol.